The molecule has 2 fully saturated rings. The predicted octanol–water partition coefficient (Wildman–Crippen LogP) is 4.15. The maximum atomic E-state index is 13.0. The molecular formula is C21H19N3O4S2. The van der Waals surface area contributed by atoms with Gasteiger partial charge in [-0.05, 0) is 36.3 Å². The van der Waals surface area contributed by atoms with Crippen molar-refractivity contribution in [2.75, 3.05) is 36.1 Å². The van der Waals surface area contributed by atoms with Crippen LogP contribution in [0.15, 0.2) is 47.4 Å². The second kappa shape index (κ2) is 8.55. The lowest BCUT2D eigenvalue weighted by molar-refractivity contribution is -0.384. The quantitative estimate of drug-likeness (QED) is 0.305. The Balaban J connectivity index is 1.65. The minimum atomic E-state index is -0.388. The summed E-state index contributed by atoms with van der Waals surface area (Å²) in [4.78, 5) is 28.2. The van der Waals surface area contributed by atoms with Gasteiger partial charge >= 0.3 is 0 Å². The highest BCUT2D eigenvalue weighted by Crippen LogP contribution is 2.38. The zero-order chi connectivity index (χ0) is 21.3. The van der Waals surface area contributed by atoms with Crippen LogP contribution < -0.4 is 9.80 Å². The lowest BCUT2D eigenvalue weighted by Crippen LogP contribution is -2.36. The number of hydrogen-bond acceptors (Lipinski definition) is 7. The maximum absolute atomic E-state index is 13.0. The molecular weight excluding hydrogens is 422 g/mol. The van der Waals surface area contributed by atoms with Crippen LogP contribution >= 0.6 is 24.0 Å². The fourth-order valence-corrected chi connectivity index (χ4v) is 4.77. The summed E-state index contributed by atoms with van der Waals surface area (Å²) in [5.74, 6) is -0.223. The van der Waals surface area contributed by atoms with E-state index in [2.05, 4.69) is 0 Å². The summed E-state index contributed by atoms with van der Waals surface area (Å²) in [6, 6.07) is 12.6. The standard InChI is InChI=1S/C21H19N3O4S2/c1-14-4-2-3-5-16(14)23-20(25)19(30-21(23)29)13-15-6-7-17(18(12-15)24(26)27)22-8-10-28-11-9-22/h2-7,12-13H,8-11H2,1H3/b19-13-. The molecule has 0 aliphatic carbocycles. The van der Waals surface area contributed by atoms with Gasteiger partial charge in [-0.3, -0.25) is 19.8 Å². The van der Waals surface area contributed by atoms with Crippen molar-refractivity contribution < 1.29 is 14.5 Å². The highest BCUT2D eigenvalue weighted by atomic mass is 32.2. The van der Waals surface area contributed by atoms with Gasteiger partial charge in [0.15, 0.2) is 4.32 Å². The molecule has 2 aliphatic rings. The fraction of sp³-hybridized carbons (Fsp3) is 0.238. The Morgan fingerprint density at radius 3 is 2.60 bits per heavy atom. The molecule has 154 valence electrons. The van der Waals surface area contributed by atoms with Gasteiger partial charge in [-0.2, -0.15) is 0 Å². The SMILES string of the molecule is Cc1ccccc1N1C(=O)/C(=C/c2ccc(N3CCOCC3)c([N+](=O)[O-])c2)SC1=S. The number of thioether (sulfide) groups is 1. The van der Waals surface area contributed by atoms with E-state index in [4.69, 9.17) is 17.0 Å². The van der Waals surface area contributed by atoms with Crippen molar-refractivity contribution in [1.29, 1.82) is 0 Å². The number of nitro benzene ring substituents is 1. The van der Waals surface area contributed by atoms with E-state index in [-0.39, 0.29) is 16.5 Å². The summed E-state index contributed by atoms with van der Waals surface area (Å²) < 4.78 is 5.78. The van der Waals surface area contributed by atoms with Crippen molar-refractivity contribution >= 4 is 57.3 Å². The number of nitrogens with zero attached hydrogens (tertiary/aromatic N) is 3. The third kappa shape index (κ3) is 3.96. The molecule has 2 aliphatic heterocycles. The Bertz CT molecular complexity index is 1060. The number of anilines is 2. The average molecular weight is 442 g/mol. The van der Waals surface area contributed by atoms with Gasteiger partial charge in [-0.25, -0.2) is 0 Å². The van der Waals surface area contributed by atoms with Crippen LogP contribution in [-0.4, -0.2) is 41.5 Å². The Labute approximate surface area is 183 Å². The molecule has 0 radical (unpaired) electrons. The average Bonchev–Trinajstić information content (AvgIpc) is 3.02. The second-order valence-corrected chi connectivity index (χ2v) is 8.58. The summed E-state index contributed by atoms with van der Waals surface area (Å²) in [6.45, 7) is 4.22. The molecule has 2 aromatic carbocycles. The number of carbonyl (C=O) groups excluding carboxylic acids is 1. The van der Waals surface area contributed by atoms with E-state index in [0.717, 1.165) is 11.3 Å². The molecule has 9 heteroatoms. The zero-order valence-electron chi connectivity index (χ0n) is 16.2. The Hall–Kier alpha value is -2.75. The largest absolute Gasteiger partial charge is 0.378 e. The molecule has 0 bridgehead atoms. The first-order chi connectivity index (χ1) is 14.5. The highest BCUT2D eigenvalue weighted by molar-refractivity contribution is 8.27. The van der Waals surface area contributed by atoms with Gasteiger partial charge in [0, 0.05) is 19.2 Å². The van der Waals surface area contributed by atoms with E-state index in [9.17, 15) is 14.9 Å². The van der Waals surface area contributed by atoms with Crippen LogP contribution in [0, 0.1) is 17.0 Å². The van der Waals surface area contributed by atoms with Gasteiger partial charge in [-0.15, -0.1) is 0 Å². The first kappa shape index (κ1) is 20.5. The lowest BCUT2D eigenvalue weighted by atomic mass is 10.1. The monoisotopic (exact) mass is 441 g/mol. The number of rotatable bonds is 4. The van der Waals surface area contributed by atoms with Crippen molar-refractivity contribution in [2.45, 2.75) is 6.92 Å². The molecule has 2 saturated heterocycles. The molecule has 0 aromatic heterocycles. The molecule has 7 nitrogen and oxygen atoms in total. The zero-order valence-corrected chi connectivity index (χ0v) is 17.9. The molecule has 30 heavy (non-hydrogen) atoms. The van der Waals surface area contributed by atoms with Crippen LogP contribution in [0.2, 0.25) is 0 Å². The number of nitro groups is 1. The van der Waals surface area contributed by atoms with E-state index in [0.29, 0.717) is 46.8 Å². The minimum Gasteiger partial charge on any atom is -0.378 e. The van der Waals surface area contributed by atoms with Gasteiger partial charge in [0.2, 0.25) is 0 Å². The van der Waals surface area contributed by atoms with E-state index >= 15 is 0 Å². The third-order valence-electron chi connectivity index (χ3n) is 5.00. The number of thiocarbonyl (C=S) groups is 1. The molecule has 0 spiro atoms. The summed E-state index contributed by atoms with van der Waals surface area (Å²) in [6.07, 6.45) is 1.66. The Morgan fingerprint density at radius 1 is 1.17 bits per heavy atom. The Morgan fingerprint density at radius 2 is 1.90 bits per heavy atom. The number of carbonyl (C=O) groups is 1. The first-order valence-corrected chi connectivity index (χ1v) is 10.6. The molecule has 2 aromatic rings. The second-order valence-electron chi connectivity index (χ2n) is 6.91. The van der Waals surface area contributed by atoms with E-state index < -0.39 is 0 Å². The minimum absolute atomic E-state index is 0.0139. The van der Waals surface area contributed by atoms with Gasteiger partial charge in [0.25, 0.3) is 11.6 Å². The van der Waals surface area contributed by atoms with E-state index in [1.165, 1.54) is 22.7 Å². The summed E-state index contributed by atoms with van der Waals surface area (Å²) in [5, 5.41) is 11.7. The number of para-hydroxylation sites is 1. The van der Waals surface area contributed by atoms with Crippen LogP contribution in [0.3, 0.4) is 0 Å². The lowest BCUT2D eigenvalue weighted by Gasteiger charge is -2.28. The number of benzene rings is 2. The van der Waals surface area contributed by atoms with E-state index in [1.807, 2.05) is 36.1 Å². The molecule has 0 unspecified atom stereocenters. The predicted molar refractivity (Wildman–Crippen MR) is 123 cm³/mol. The molecule has 2 heterocycles. The van der Waals surface area contributed by atoms with Crippen molar-refractivity contribution in [2.24, 2.45) is 0 Å². The van der Waals surface area contributed by atoms with E-state index in [1.54, 1.807) is 18.2 Å². The fourth-order valence-electron chi connectivity index (χ4n) is 3.49. The van der Waals surface area contributed by atoms with Crippen molar-refractivity contribution in [3.05, 3.63) is 68.6 Å². The number of hydrogen-bond donors (Lipinski definition) is 0. The molecule has 1 amide bonds. The number of ether oxygens (including phenoxy) is 1. The highest BCUT2D eigenvalue weighted by Gasteiger charge is 2.34. The van der Waals surface area contributed by atoms with Crippen molar-refractivity contribution in [3.63, 3.8) is 0 Å². The first-order valence-electron chi connectivity index (χ1n) is 9.40. The van der Waals surface area contributed by atoms with Crippen LogP contribution in [0.4, 0.5) is 17.1 Å². The van der Waals surface area contributed by atoms with Crippen molar-refractivity contribution in [3.8, 4) is 0 Å². The van der Waals surface area contributed by atoms with Gasteiger partial charge in [0.1, 0.15) is 5.69 Å². The number of amides is 1. The molecule has 4 rings (SSSR count). The summed E-state index contributed by atoms with van der Waals surface area (Å²) in [5.41, 5.74) is 2.86. The smallest absolute Gasteiger partial charge is 0.293 e. The molecule has 0 saturated carbocycles. The molecule has 0 N–H and O–H groups in total. The molecule has 0 atom stereocenters. The van der Waals surface area contributed by atoms with Crippen LogP contribution in [0.1, 0.15) is 11.1 Å². The van der Waals surface area contributed by atoms with Gasteiger partial charge in [-0.1, -0.05) is 48.2 Å². The maximum Gasteiger partial charge on any atom is 0.293 e. The van der Waals surface area contributed by atoms with Crippen LogP contribution in [0.5, 0.6) is 0 Å². The number of morpholine rings is 1. The van der Waals surface area contributed by atoms with Gasteiger partial charge in [0.05, 0.1) is 28.7 Å². The summed E-state index contributed by atoms with van der Waals surface area (Å²) >= 11 is 6.63. The van der Waals surface area contributed by atoms with Gasteiger partial charge < -0.3 is 9.64 Å². The third-order valence-corrected chi connectivity index (χ3v) is 6.30. The van der Waals surface area contributed by atoms with Crippen LogP contribution in [-0.2, 0) is 9.53 Å². The Kier molecular flexibility index (Phi) is 5.85. The topological polar surface area (TPSA) is 75.9 Å². The normalized spacial score (nSPS) is 18.4. The summed E-state index contributed by atoms with van der Waals surface area (Å²) in [7, 11) is 0. The number of aryl methyl sites for hydroxylation is 1. The van der Waals surface area contributed by atoms with Crippen LogP contribution in [0.25, 0.3) is 6.08 Å². The van der Waals surface area contributed by atoms with Crippen molar-refractivity contribution in [1.82, 2.24) is 0 Å².